The van der Waals surface area contributed by atoms with Crippen molar-refractivity contribution in [3.8, 4) is 0 Å². The van der Waals surface area contributed by atoms with E-state index in [2.05, 4.69) is 10.3 Å². The Morgan fingerprint density at radius 1 is 1.40 bits per heavy atom. The van der Waals surface area contributed by atoms with Crippen LogP contribution < -0.4 is 5.32 Å². The molecular weight excluding hydrogens is 252 g/mol. The van der Waals surface area contributed by atoms with Gasteiger partial charge in [0.2, 0.25) is 5.91 Å². The molecule has 1 aromatic heterocycles. The minimum Gasteiger partial charge on any atom is -0.396 e. The summed E-state index contributed by atoms with van der Waals surface area (Å²) in [6.07, 6.45) is 5.71. The molecular formula is C16H22N2O2. The van der Waals surface area contributed by atoms with Gasteiger partial charge in [0, 0.05) is 30.5 Å². The second kappa shape index (κ2) is 5.52. The van der Waals surface area contributed by atoms with Gasteiger partial charge in [-0.15, -0.1) is 0 Å². The summed E-state index contributed by atoms with van der Waals surface area (Å²) in [7, 11) is 0. The van der Waals surface area contributed by atoms with Gasteiger partial charge in [0.05, 0.1) is 6.42 Å². The van der Waals surface area contributed by atoms with E-state index < -0.39 is 0 Å². The van der Waals surface area contributed by atoms with Gasteiger partial charge in [-0.3, -0.25) is 9.78 Å². The third kappa shape index (κ3) is 2.57. The molecule has 4 unspecified atom stereocenters. The van der Waals surface area contributed by atoms with Crippen LogP contribution in [0.25, 0.3) is 0 Å². The van der Waals surface area contributed by atoms with E-state index in [4.69, 9.17) is 0 Å². The van der Waals surface area contributed by atoms with Crippen molar-refractivity contribution in [1.82, 2.24) is 10.3 Å². The van der Waals surface area contributed by atoms with E-state index in [9.17, 15) is 9.90 Å². The van der Waals surface area contributed by atoms with Crippen LogP contribution in [0.15, 0.2) is 18.3 Å². The van der Waals surface area contributed by atoms with Gasteiger partial charge in [-0.25, -0.2) is 0 Å². The highest BCUT2D eigenvalue weighted by molar-refractivity contribution is 5.78. The Morgan fingerprint density at radius 2 is 2.20 bits per heavy atom. The maximum atomic E-state index is 12.2. The lowest BCUT2D eigenvalue weighted by Gasteiger charge is -2.30. The smallest absolute Gasteiger partial charge is 0.224 e. The van der Waals surface area contributed by atoms with Crippen LogP contribution in [-0.4, -0.2) is 28.6 Å². The fourth-order valence-corrected chi connectivity index (χ4v) is 3.92. The Bertz CT molecular complexity index is 486. The lowest BCUT2D eigenvalue weighted by molar-refractivity contribution is -0.122. The SMILES string of the molecule is Cc1ccc(CC(=O)NC2C3CCC(C3)C2CO)cn1. The molecule has 0 saturated heterocycles. The number of rotatable bonds is 4. The number of amides is 1. The number of aromatic nitrogens is 1. The fourth-order valence-electron chi connectivity index (χ4n) is 3.92. The first-order chi connectivity index (χ1) is 9.67. The molecule has 1 heterocycles. The molecule has 1 aromatic rings. The van der Waals surface area contributed by atoms with Crippen LogP contribution in [-0.2, 0) is 11.2 Å². The van der Waals surface area contributed by atoms with Crippen LogP contribution in [0.2, 0.25) is 0 Å². The Kier molecular flexibility index (Phi) is 3.74. The molecule has 0 aliphatic heterocycles. The predicted octanol–water partition coefficient (Wildman–Crippen LogP) is 1.46. The van der Waals surface area contributed by atoms with Crippen LogP contribution in [0.1, 0.15) is 30.5 Å². The molecule has 4 atom stereocenters. The van der Waals surface area contributed by atoms with Crippen molar-refractivity contribution in [2.75, 3.05) is 6.61 Å². The Hall–Kier alpha value is -1.42. The number of carbonyl (C=O) groups excluding carboxylic acids is 1. The van der Waals surface area contributed by atoms with Crippen molar-refractivity contribution in [3.63, 3.8) is 0 Å². The Balaban J connectivity index is 1.60. The van der Waals surface area contributed by atoms with Crippen LogP contribution in [0, 0.1) is 24.7 Å². The quantitative estimate of drug-likeness (QED) is 0.873. The fraction of sp³-hybridized carbons (Fsp3) is 0.625. The van der Waals surface area contributed by atoms with Gasteiger partial charge >= 0.3 is 0 Å². The molecule has 2 bridgehead atoms. The van der Waals surface area contributed by atoms with E-state index in [1.165, 1.54) is 19.3 Å². The summed E-state index contributed by atoms with van der Waals surface area (Å²) >= 11 is 0. The normalized spacial score (nSPS) is 31.5. The standard InChI is InChI=1S/C16H22N2O2/c1-10-2-3-11(8-17-10)6-15(20)18-16-13-5-4-12(7-13)14(16)9-19/h2-3,8,12-14,16,19H,4-7,9H2,1H3,(H,18,20). The van der Waals surface area contributed by atoms with Gasteiger partial charge in [0.15, 0.2) is 0 Å². The van der Waals surface area contributed by atoms with Crippen LogP contribution in [0.3, 0.4) is 0 Å². The number of aryl methyl sites for hydroxylation is 1. The van der Waals surface area contributed by atoms with Crippen molar-refractivity contribution in [2.24, 2.45) is 17.8 Å². The summed E-state index contributed by atoms with van der Waals surface area (Å²) in [5, 5.41) is 12.7. The summed E-state index contributed by atoms with van der Waals surface area (Å²) in [6.45, 7) is 2.13. The van der Waals surface area contributed by atoms with Crippen LogP contribution >= 0.6 is 0 Å². The summed E-state index contributed by atoms with van der Waals surface area (Å²) in [4.78, 5) is 16.4. The number of pyridine rings is 1. The van der Waals surface area contributed by atoms with Gasteiger partial charge < -0.3 is 10.4 Å². The van der Waals surface area contributed by atoms with E-state index in [1.54, 1.807) is 6.20 Å². The minimum absolute atomic E-state index is 0.0478. The number of aliphatic hydroxyl groups excluding tert-OH is 1. The molecule has 108 valence electrons. The molecule has 4 nitrogen and oxygen atoms in total. The minimum atomic E-state index is 0.0478. The van der Waals surface area contributed by atoms with E-state index in [0.29, 0.717) is 18.3 Å². The molecule has 0 radical (unpaired) electrons. The second-order valence-electron chi connectivity index (χ2n) is 6.26. The number of nitrogens with zero attached hydrogens (tertiary/aromatic N) is 1. The number of hydrogen-bond acceptors (Lipinski definition) is 3. The maximum Gasteiger partial charge on any atom is 0.224 e. The van der Waals surface area contributed by atoms with Gasteiger partial charge in [-0.1, -0.05) is 6.07 Å². The summed E-state index contributed by atoms with van der Waals surface area (Å²) in [5.41, 5.74) is 1.90. The highest BCUT2D eigenvalue weighted by Gasteiger charge is 2.47. The van der Waals surface area contributed by atoms with Crippen molar-refractivity contribution >= 4 is 5.91 Å². The Morgan fingerprint density at radius 3 is 2.90 bits per heavy atom. The predicted molar refractivity (Wildman–Crippen MR) is 76.0 cm³/mol. The van der Waals surface area contributed by atoms with Crippen molar-refractivity contribution in [2.45, 2.75) is 38.6 Å². The third-order valence-corrected chi connectivity index (χ3v) is 4.96. The van der Waals surface area contributed by atoms with E-state index in [0.717, 1.165) is 11.3 Å². The van der Waals surface area contributed by atoms with Crippen molar-refractivity contribution in [1.29, 1.82) is 0 Å². The van der Waals surface area contributed by atoms with E-state index in [1.807, 2.05) is 19.1 Å². The monoisotopic (exact) mass is 274 g/mol. The van der Waals surface area contributed by atoms with Gasteiger partial charge in [0.25, 0.3) is 0 Å². The largest absolute Gasteiger partial charge is 0.396 e. The maximum absolute atomic E-state index is 12.2. The molecule has 20 heavy (non-hydrogen) atoms. The van der Waals surface area contributed by atoms with Gasteiger partial charge in [-0.2, -0.15) is 0 Å². The first kappa shape index (κ1) is 13.6. The molecule has 2 N–H and O–H groups in total. The highest BCUT2D eigenvalue weighted by atomic mass is 16.3. The molecule has 2 aliphatic rings. The number of carbonyl (C=O) groups is 1. The first-order valence-corrected chi connectivity index (χ1v) is 7.49. The summed E-state index contributed by atoms with van der Waals surface area (Å²) < 4.78 is 0. The Labute approximate surface area is 119 Å². The lowest BCUT2D eigenvalue weighted by atomic mass is 9.85. The molecule has 4 heteroatoms. The summed E-state index contributed by atoms with van der Waals surface area (Å²) in [5.74, 6) is 1.48. The third-order valence-electron chi connectivity index (χ3n) is 4.96. The van der Waals surface area contributed by atoms with Gasteiger partial charge in [-0.05, 0) is 49.7 Å². The van der Waals surface area contributed by atoms with Gasteiger partial charge in [0.1, 0.15) is 0 Å². The highest BCUT2D eigenvalue weighted by Crippen LogP contribution is 2.48. The average molecular weight is 274 g/mol. The van der Waals surface area contributed by atoms with E-state index >= 15 is 0 Å². The molecule has 1 amide bonds. The number of nitrogens with one attached hydrogen (secondary N) is 1. The summed E-state index contributed by atoms with van der Waals surface area (Å²) in [6, 6.07) is 4.05. The van der Waals surface area contributed by atoms with E-state index in [-0.39, 0.29) is 24.5 Å². The van der Waals surface area contributed by atoms with Crippen LogP contribution in [0.5, 0.6) is 0 Å². The van der Waals surface area contributed by atoms with Crippen molar-refractivity contribution < 1.29 is 9.90 Å². The lowest BCUT2D eigenvalue weighted by Crippen LogP contribution is -2.45. The van der Waals surface area contributed by atoms with Crippen molar-refractivity contribution in [3.05, 3.63) is 29.6 Å². The number of hydrogen-bond donors (Lipinski definition) is 2. The molecule has 0 spiro atoms. The average Bonchev–Trinajstić information content (AvgIpc) is 3.02. The zero-order valence-corrected chi connectivity index (χ0v) is 11.9. The molecule has 0 aromatic carbocycles. The second-order valence-corrected chi connectivity index (χ2v) is 6.26. The number of aliphatic hydroxyl groups is 1. The zero-order chi connectivity index (χ0) is 14.1. The zero-order valence-electron chi connectivity index (χ0n) is 11.9. The molecule has 2 aliphatic carbocycles. The molecule has 2 saturated carbocycles. The molecule has 2 fully saturated rings. The topological polar surface area (TPSA) is 62.2 Å². The number of fused-ring (bicyclic) bond motifs is 2. The first-order valence-electron chi connectivity index (χ1n) is 7.49. The molecule has 3 rings (SSSR count). The van der Waals surface area contributed by atoms with Crippen LogP contribution in [0.4, 0.5) is 0 Å².